The average molecular weight is 249 g/mol. The van der Waals surface area contributed by atoms with E-state index in [0.717, 1.165) is 24.5 Å². The minimum atomic E-state index is -0.852. The Morgan fingerprint density at radius 1 is 1.50 bits per heavy atom. The van der Waals surface area contributed by atoms with Crippen molar-refractivity contribution in [1.29, 1.82) is 0 Å². The summed E-state index contributed by atoms with van der Waals surface area (Å²) in [5, 5.41) is 9.03. The second-order valence-corrected chi connectivity index (χ2v) is 4.61. The predicted molar refractivity (Wildman–Crippen MR) is 63.5 cm³/mol. The number of carboxylic acid groups (broad SMARTS) is 1. The molecule has 1 saturated heterocycles. The number of ether oxygens (including phenoxy) is 1. The van der Waals surface area contributed by atoms with Crippen LogP contribution in [0.2, 0.25) is 0 Å². The van der Waals surface area contributed by atoms with Crippen LogP contribution >= 0.6 is 0 Å². The summed E-state index contributed by atoms with van der Waals surface area (Å²) in [4.78, 5) is 19.0. The summed E-state index contributed by atoms with van der Waals surface area (Å²) in [7, 11) is 0. The minimum absolute atomic E-state index is 0.115. The molecular weight excluding hydrogens is 234 g/mol. The van der Waals surface area contributed by atoms with Gasteiger partial charge < -0.3 is 14.7 Å². The van der Waals surface area contributed by atoms with Gasteiger partial charge in [-0.15, -0.1) is 0 Å². The van der Waals surface area contributed by atoms with Gasteiger partial charge in [-0.25, -0.2) is 4.79 Å². The van der Waals surface area contributed by atoms with E-state index >= 15 is 0 Å². The zero-order valence-electron chi connectivity index (χ0n) is 9.95. The molecule has 0 spiro atoms. The van der Waals surface area contributed by atoms with Crippen LogP contribution in [0.3, 0.4) is 0 Å². The second kappa shape index (κ2) is 4.45. The molecule has 0 aromatic carbocycles. The van der Waals surface area contributed by atoms with Crippen molar-refractivity contribution in [3.8, 4) is 5.75 Å². The van der Waals surface area contributed by atoms with E-state index in [2.05, 4.69) is 9.88 Å². The third-order valence-electron chi connectivity index (χ3n) is 3.51. The molecule has 1 aromatic heterocycles. The molecule has 2 aliphatic rings. The molecule has 0 aliphatic carbocycles. The normalized spacial score (nSPS) is 23.6. The Kier molecular flexibility index (Phi) is 2.79. The van der Waals surface area contributed by atoms with Gasteiger partial charge in [0.1, 0.15) is 12.4 Å². The second-order valence-electron chi connectivity index (χ2n) is 4.61. The van der Waals surface area contributed by atoms with Gasteiger partial charge in [-0.3, -0.25) is 9.88 Å². The summed E-state index contributed by atoms with van der Waals surface area (Å²) in [5.74, 6) is 0.814. The van der Waals surface area contributed by atoms with Crippen LogP contribution in [0.1, 0.15) is 5.69 Å². The number of piperazine rings is 1. The Hall–Kier alpha value is -1.82. The van der Waals surface area contributed by atoms with E-state index in [0.29, 0.717) is 19.7 Å². The van der Waals surface area contributed by atoms with Crippen molar-refractivity contribution in [2.45, 2.75) is 12.6 Å². The number of hydrogen-bond donors (Lipinski definition) is 1. The van der Waals surface area contributed by atoms with Crippen LogP contribution in [0.4, 0.5) is 4.79 Å². The molecule has 0 saturated carbocycles. The van der Waals surface area contributed by atoms with Gasteiger partial charge in [0.05, 0.1) is 11.7 Å². The van der Waals surface area contributed by atoms with Gasteiger partial charge >= 0.3 is 6.09 Å². The van der Waals surface area contributed by atoms with Crippen molar-refractivity contribution in [1.82, 2.24) is 14.8 Å². The first-order valence-corrected chi connectivity index (χ1v) is 6.02. The Bertz CT molecular complexity index is 466. The highest BCUT2D eigenvalue weighted by atomic mass is 16.5. The monoisotopic (exact) mass is 249 g/mol. The van der Waals surface area contributed by atoms with Crippen molar-refractivity contribution in [2.24, 2.45) is 0 Å². The number of aromatic nitrogens is 1. The highest BCUT2D eigenvalue weighted by Crippen LogP contribution is 2.24. The molecule has 1 amide bonds. The van der Waals surface area contributed by atoms with E-state index < -0.39 is 6.09 Å². The zero-order valence-corrected chi connectivity index (χ0v) is 9.95. The number of fused-ring (bicyclic) bond motifs is 2. The quantitative estimate of drug-likeness (QED) is 0.731. The largest absolute Gasteiger partial charge is 0.490 e. The fraction of sp³-hybridized carbons (Fsp3) is 0.500. The summed E-state index contributed by atoms with van der Waals surface area (Å²) in [5.41, 5.74) is 0.934. The number of nitrogens with zero attached hydrogens (tertiary/aromatic N) is 3. The third kappa shape index (κ3) is 1.99. The summed E-state index contributed by atoms with van der Waals surface area (Å²) >= 11 is 0. The lowest BCUT2D eigenvalue weighted by atomic mass is 10.2. The molecule has 6 nitrogen and oxygen atoms in total. The maximum absolute atomic E-state index is 11.0. The number of carbonyl (C=O) groups is 1. The first-order valence-electron chi connectivity index (χ1n) is 6.02. The Morgan fingerprint density at radius 2 is 2.39 bits per heavy atom. The molecular formula is C12H15N3O3. The molecule has 1 unspecified atom stereocenters. The van der Waals surface area contributed by atoms with Crippen LogP contribution in [-0.2, 0) is 6.54 Å². The topological polar surface area (TPSA) is 65.9 Å². The van der Waals surface area contributed by atoms with Crippen molar-refractivity contribution >= 4 is 6.09 Å². The molecule has 1 aromatic rings. The highest BCUT2D eigenvalue weighted by molar-refractivity contribution is 5.65. The van der Waals surface area contributed by atoms with Crippen molar-refractivity contribution in [2.75, 3.05) is 26.2 Å². The van der Waals surface area contributed by atoms with Crippen molar-refractivity contribution in [3.63, 3.8) is 0 Å². The lowest BCUT2D eigenvalue weighted by Crippen LogP contribution is -2.55. The molecule has 0 bridgehead atoms. The molecule has 6 heteroatoms. The summed E-state index contributed by atoms with van der Waals surface area (Å²) in [6.07, 6.45) is 0.908. The van der Waals surface area contributed by atoms with E-state index in [9.17, 15) is 4.79 Å². The Morgan fingerprint density at radius 3 is 3.22 bits per heavy atom. The summed E-state index contributed by atoms with van der Waals surface area (Å²) < 4.78 is 5.72. The fourth-order valence-electron chi connectivity index (χ4n) is 2.48. The number of pyridine rings is 1. The van der Waals surface area contributed by atoms with Gasteiger partial charge in [-0.1, -0.05) is 0 Å². The average Bonchev–Trinajstić information content (AvgIpc) is 2.56. The van der Waals surface area contributed by atoms with Crippen LogP contribution in [0.5, 0.6) is 5.75 Å². The van der Waals surface area contributed by atoms with E-state index in [4.69, 9.17) is 9.84 Å². The SMILES string of the molecule is O=C(O)N1CCN2Cc3ncccc3OCC2C1. The molecule has 1 atom stereocenters. The van der Waals surface area contributed by atoms with Gasteiger partial charge in [-0.2, -0.15) is 0 Å². The summed E-state index contributed by atoms with van der Waals surface area (Å²) in [6, 6.07) is 3.88. The van der Waals surface area contributed by atoms with Gasteiger partial charge in [-0.05, 0) is 12.1 Å². The molecule has 3 rings (SSSR count). The van der Waals surface area contributed by atoms with Crippen molar-refractivity contribution in [3.05, 3.63) is 24.0 Å². The smallest absolute Gasteiger partial charge is 0.407 e. The standard InChI is InChI=1S/C12H15N3O3/c16-12(17)15-5-4-14-7-10-11(2-1-3-13-10)18-8-9(14)6-15/h1-3,9H,4-8H2,(H,16,17). The van der Waals surface area contributed by atoms with Crippen LogP contribution in [0, 0.1) is 0 Å². The van der Waals surface area contributed by atoms with Crippen LogP contribution < -0.4 is 4.74 Å². The lowest BCUT2D eigenvalue weighted by Gasteiger charge is -2.38. The third-order valence-corrected chi connectivity index (χ3v) is 3.51. The predicted octanol–water partition coefficient (Wildman–Crippen LogP) is 0.638. The molecule has 18 heavy (non-hydrogen) atoms. The minimum Gasteiger partial charge on any atom is -0.490 e. The number of amides is 1. The van der Waals surface area contributed by atoms with Gasteiger partial charge in [0.25, 0.3) is 0 Å². The first kappa shape index (κ1) is 11.3. The van der Waals surface area contributed by atoms with Crippen LogP contribution in [0.15, 0.2) is 18.3 Å². The maximum atomic E-state index is 11.0. The van der Waals surface area contributed by atoms with E-state index in [1.54, 1.807) is 6.20 Å². The Balaban J connectivity index is 1.78. The van der Waals surface area contributed by atoms with E-state index in [1.165, 1.54) is 4.90 Å². The summed E-state index contributed by atoms with van der Waals surface area (Å²) in [6.45, 7) is 3.03. The van der Waals surface area contributed by atoms with Crippen molar-refractivity contribution < 1.29 is 14.6 Å². The number of hydrogen-bond acceptors (Lipinski definition) is 4. The molecule has 3 heterocycles. The first-order chi connectivity index (χ1) is 8.74. The highest BCUT2D eigenvalue weighted by Gasteiger charge is 2.32. The van der Waals surface area contributed by atoms with Gasteiger partial charge in [0.2, 0.25) is 0 Å². The zero-order chi connectivity index (χ0) is 12.5. The molecule has 1 N–H and O–H groups in total. The van der Waals surface area contributed by atoms with Crippen LogP contribution in [0.25, 0.3) is 0 Å². The molecule has 96 valence electrons. The lowest BCUT2D eigenvalue weighted by molar-refractivity contribution is 0.0500. The van der Waals surface area contributed by atoms with Crippen LogP contribution in [-0.4, -0.2) is 58.3 Å². The fourth-order valence-corrected chi connectivity index (χ4v) is 2.48. The van der Waals surface area contributed by atoms with E-state index in [-0.39, 0.29) is 6.04 Å². The Labute approximate surface area is 105 Å². The molecule has 0 radical (unpaired) electrons. The molecule has 2 aliphatic heterocycles. The number of rotatable bonds is 0. The van der Waals surface area contributed by atoms with Gasteiger partial charge in [0.15, 0.2) is 0 Å². The molecule has 1 fully saturated rings. The maximum Gasteiger partial charge on any atom is 0.407 e. The van der Waals surface area contributed by atoms with Gasteiger partial charge in [0, 0.05) is 32.4 Å². The van der Waals surface area contributed by atoms with E-state index in [1.807, 2.05) is 12.1 Å².